The van der Waals surface area contributed by atoms with E-state index in [4.69, 9.17) is 26.0 Å². The lowest BCUT2D eigenvalue weighted by Crippen LogP contribution is -2.35. The van der Waals surface area contributed by atoms with Gasteiger partial charge in [0.2, 0.25) is 5.96 Å². The Bertz CT molecular complexity index is 922. The lowest BCUT2D eigenvalue weighted by molar-refractivity contribution is 0.0309. The van der Waals surface area contributed by atoms with Gasteiger partial charge in [-0.1, -0.05) is 47.6 Å². The van der Waals surface area contributed by atoms with E-state index >= 15 is 0 Å². The van der Waals surface area contributed by atoms with E-state index in [2.05, 4.69) is 26.6 Å². The Morgan fingerprint density at radius 3 is 2.76 bits per heavy atom. The number of halogens is 2. The maximum atomic E-state index is 8.93. The summed E-state index contributed by atoms with van der Waals surface area (Å²) in [4.78, 5) is 6.72. The molecule has 33 heavy (non-hydrogen) atoms. The zero-order valence-corrected chi connectivity index (χ0v) is 20.7. The van der Waals surface area contributed by atoms with E-state index in [0.29, 0.717) is 24.1 Å². The molecule has 0 amide bonds. The number of ether oxygens (including phenoxy) is 1. The highest BCUT2D eigenvalue weighted by Crippen LogP contribution is 2.22. The highest BCUT2D eigenvalue weighted by Gasteiger charge is 2.13. The number of guanidine groups is 1. The van der Waals surface area contributed by atoms with Crippen molar-refractivity contribution in [2.24, 2.45) is 4.99 Å². The number of hydrogen-bond donors (Lipinski definition) is 2. The Hall–Kier alpha value is -2.15. The summed E-state index contributed by atoms with van der Waals surface area (Å²) >= 11 is 7.58. The molecule has 7 nitrogen and oxygen atoms in total. The summed E-state index contributed by atoms with van der Waals surface area (Å²) in [7, 11) is 0. The van der Waals surface area contributed by atoms with Crippen molar-refractivity contribution in [1.29, 1.82) is 5.26 Å². The van der Waals surface area contributed by atoms with E-state index in [1.807, 2.05) is 48.7 Å². The third-order valence-corrected chi connectivity index (χ3v) is 5.94. The van der Waals surface area contributed by atoms with Gasteiger partial charge in [0.05, 0.1) is 26.3 Å². The molecule has 0 bridgehead atoms. The van der Waals surface area contributed by atoms with Crippen LogP contribution >= 0.6 is 35.8 Å². The minimum absolute atomic E-state index is 0. The SMILES string of the molecule is Cl.N#CNC(=NCC=Cc1ccc(Cl)cc1)NCCCSc1ccc(CN2CCOCC2)o1. The number of rotatable bonds is 10. The van der Waals surface area contributed by atoms with Gasteiger partial charge in [-0.15, -0.1) is 12.4 Å². The van der Waals surface area contributed by atoms with Gasteiger partial charge in [0.15, 0.2) is 11.3 Å². The van der Waals surface area contributed by atoms with Gasteiger partial charge in [-0.05, 0) is 36.2 Å². The summed E-state index contributed by atoms with van der Waals surface area (Å²) in [6.07, 6.45) is 6.74. The standard InChI is InChI=1S/C23H28ClN5O2S.ClH/c24-20-6-4-19(5-7-20)3-1-10-26-23(28-18-25)27-11-2-16-32-22-9-8-21(31-22)17-29-12-14-30-15-13-29;/h1,3-9H,2,10-17H2,(H2,26,27,28);1H. The maximum absolute atomic E-state index is 8.93. The van der Waals surface area contributed by atoms with Crippen LogP contribution in [-0.2, 0) is 11.3 Å². The number of furan rings is 1. The second kappa shape index (κ2) is 15.6. The van der Waals surface area contributed by atoms with E-state index in [1.165, 1.54) is 0 Å². The first-order valence-corrected chi connectivity index (χ1v) is 12.0. The summed E-state index contributed by atoms with van der Waals surface area (Å²) in [5.74, 6) is 2.38. The van der Waals surface area contributed by atoms with Crippen LogP contribution in [0.2, 0.25) is 5.02 Å². The third kappa shape index (κ3) is 10.5. The average molecular weight is 510 g/mol. The summed E-state index contributed by atoms with van der Waals surface area (Å²) in [6, 6.07) is 11.7. The molecule has 0 saturated carbocycles. The number of nitrogens with one attached hydrogen (secondary N) is 2. The first-order valence-electron chi connectivity index (χ1n) is 10.6. The van der Waals surface area contributed by atoms with Gasteiger partial charge in [-0.3, -0.25) is 10.2 Å². The topological polar surface area (TPSA) is 85.8 Å². The zero-order chi connectivity index (χ0) is 22.4. The normalized spacial score (nSPS) is 14.6. The van der Waals surface area contributed by atoms with E-state index in [1.54, 1.807) is 11.8 Å². The summed E-state index contributed by atoms with van der Waals surface area (Å²) < 4.78 is 11.3. The highest BCUT2D eigenvalue weighted by atomic mass is 35.5. The number of morpholine rings is 1. The second-order valence-corrected chi connectivity index (χ2v) is 8.65. The molecule has 1 aromatic heterocycles. The van der Waals surface area contributed by atoms with Crippen LogP contribution in [0.3, 0.4) is 0 Å². The molecule has 1 saturated heterocycles. The molecule has 2 heterocycles. The molecule has 2 N–H and O–H groups in total. The van der Waals surface area contributed by atoms with E-state index in [0.717, 1.165) is 61.4 Å². The molecule has 0 atom stereocenters. The molecule has 1 fully saturated rings. The molecule has 1 aromatic carbocycles. The molecule has 3 rings (SSSR count). The van der Waals surface area contributed by atoms with Gasteiger partial charge in [0, 0.05) is 30.4 Å². The lowest BCUT2D eigenvalue weighted by Gasteiger charge is -2.25. The minimum Gasteiger partial charge on any atom is -0.454 e. The first kappa shape index (κ1) is 27.1. The van der Waals surface area contributed by atoms with Crippen molar-refractivity contribution in [2.45, 2.75) is 18.1 Å². The third-order valence-electron chi connectivity index (χ3n) is 4.69. The van der Waals surface area contributed by atoms with Crippen molar-refractivity contribution in [3.8, 4) is 6.19 Å². The van der Waals surface area contributed by atoms with E-state index in [9.17, 15) is 0 Å². The first-order chi connectivity index (χ1) is 15.7. The number of thioether (sulfide) groups is 1. The predicted molar refractivity (Wildman–Crippen MR) is 137 cm³/mol. The van der Waals surface area contributed by atoms with Crippen LogP contribution in [0.1, 0.15) is 17.7 Å². The molecular weight excluding hydrogens is 481 g/mol. The van der Waals surface area contributed by atoms with Crippen molar-refractivity contribution >= 4 is 47.8 Å². The van der Waals surface area contributed by atoms with Crippen molar-refractivity contribution < 1.29 is 9.15 Å². The van der Waals surface area contributed by atoms with E-state index < -0.39 is 0 Å². The van der Waals surface area contributed by atoms with Crippen LogP contribution in [0.25, 0.3) is 6.08 Å². The monoisotopic (exact) mass is 509 g/mol. The second-order valence-electron chi connectivity index (χ2n) is 7.12. The smallest absolute Gasteiger partial charge is 0.205 e. The minimum atomic E-state index is 0. The molecule has 10 heteroatoms. The molecule has 0 radical (unpaired) electrons. The van der Waals surface area contributed by atoms with Crippen molar-refractivity contribution in [2.75, 3.05) is 45.1 Å². The van der Waals surface area contributed by atoms with Gasteiger partial charge in [-0.25, -0.2) is 4.99 Å². The quantitative estimate of drug-likeness (QED) is 0.122. The molecule has 0 unspecified atom stereocenters. The van der Waals surface area contributed by atoms with Crippen molar-refractivity contribution in [3.63, 3.8) is 0 Å². The molecular formula is C23H29Cl2N5O2S. The predicted octanol–water partition coefficient (Wildman–Crippen LogP) is 4.40. The Morgan fingerprint density at radius 1 is 1.21 bits per heavy atom. The van der Waals surface area contributed by atoms with Gasteiger partial charge in [-0.2, -0.15) is 5.26 Å². The fourth-order valence-corrected chi connectivity index (χ4v) is 4.00. The molecule has 2 aromatic rings. The van der Waals surface area contributed by atoms with Crippen molar-refractivity contribution in [1.82, 2.24) is 15.5 Å². The number of nitrogens with zero attached hydrogens (tertiary/aromatic N) is 3. The number of nitriles is 1. The maximum Gasteiger partial charge on any atom is 0.205 e. The van der Waals surface area contributed by atoms with Crippen molar-refractivity contribution in [3.05, 3.63) is 58.8 Å². The van der Waals surface area contributed by atoms with Crippen LogP contribution in [-0.4, -0.2) is 56.0 Å². The Labute approximate surface area is 210 Å². The lowest BCUT2D eigenvalue weighted by atomic mass is 10.2. The molecule has 1 aliphatic heterocycles. The number of aliphatic imine (C=N–C) groups is 1. The average Bonchev–Trinajstić information content (AvgIpc) is 3.25. The number of hydrogen-bond acceptors (Lipinski definition) is 6. The van der Waals surface area contributed by atoms with Gasteiger partial charge in [0.1, 0.15) is 5.76 Å². The number of benzene rings is 1. The van der Waals surface area contributed by atoms with Gasteiger partial charge < -0.3 is 14.5 Å². The Balaban J connectivity index is 0.00000385. The van der Waals surface area contributed by atoms with Gasteiger partial charge >= 0.3 is 0 Å². The molecule has 1 aliphatic rings. The molecule has 0 spiro atoms. The molecule has 178 valence electrons. The molecule has 0 aliphatic carbocycles. The largest absolute Gasteiger partial charge is 0.454 e. The Kier molecular flexibility index (Phi) is 12.8. The van der Waals surface area contributed by atoms with Crippen LogP contribution in [0.5, 0.6) is 0 Å². The van der Waals surface area contributed by atoms with E-state index in [-0.39, 0.29) is 12.4 Å². The fraction of sp³-hybridized carbons (Fsp3) is 0.391. The summed E-state index contributed by atoms with van der Waals surface area (Å²) in [6.45, 7) is 5.49. The van der Waals surface area contributed by atoms with Crippen LogP contribution in [0.4, 0.5) is 0 Å². The fourth-order valence-electron chi connectivity index (χ4n) is 3.05. The summed E-state index contributed by atoms with van der Waals surface area (Å²) in [5, 5.41) is 16.3. The Morgan fingerprint density at radius 2 is 2.00 bits per heavy atom. The summed E-state index contributed by atoms with van der Waals surface area (Å²) in [5.41, 5.74) is 1.05. The highest BCUT2D eigenvalue weighted by molar-refractivity contribution is 7.99. The van der Waals surface area contributed by atoms with Gasteiger partial charge in [0.25, 0.3) is 0 Å². The zero-order valence-electron chi connectivity index (χ0n) is 18.3. The van der Waals surface area contributed by atoms with Crippen LogP contribution < -0.4 is 10.6 Å². The van der Waals surface area contributed by atoms with Crippen LogP contribution in [0.15, 0.2) is 57.0 Å². The van der Waals surface area contributed by atoms with Crippen LogP contribution in [0, 0.1) is 11.5 Å².